The number of fused-ring (bicyclic) bond motifs is 1. The highest BCUT2D eigenvalue weighted by Gasteiger charge is 2.18. The molecule has 0 unspecified atom stereocenters. The fourth-order valence-electron chi connectivity index (χ4n) is 2.49. The van der Waals surface area contributed by atoms with Gasteiger partial charge in [-0.15, -0.1) is 0 Å². The molecule has 6 heteroatoms. The molecule has 0 fully saturated rings. The second kappa shape index (κ2) is 6.24. The Morgan fingerprint density at radius 3 is 2.71 bits per heavy atom. The fourth-order valence-corrected chi connectivity index (χ4v) is 2.65. The van der Waals surface area contributed by atoms with Crippen LogP contribution < -0.4 is 4.74 Å². The molecule has 0 amide bonds. The first kappa shape index (κ1) is 16.5. The first-order chi connectivity index (χ1) is 11.4. The maximum absolute atomic E-state index is 12.5. The molecule has 0 saturated carbocycles. The molecule has 0 aliphatic rings. The Kier molecular flexibility index (Phi) is 4.28. The normalized spacial score (nSPS) is 11.2. The lowest BCUT2D eigenvalue weighted by atomic mass is 10.1. The van der Waals surface area contributed by atoms with Crippen molar-refractivity contribution in [1.29, 1.82) is 0 Å². The van der Waals surface area contributed by atoms with Gasteiger partial charge in [0.1, 0.15) is 5.75 Å². The van der Waals surface area contributed by atoms with Crippen LogP contribution in [0.15, 0.2) is 30.5 Å². The first-order valence-electron chi connectivity index (χ1n) is 7.70. The van der Waals surface area contributed by atoms with E-state index < -0.39 is 5.97 Å². The third-order valence-electron chi connectivity index (χ3n) is 3.76. The summed E-state index contributed by atoms with van der Waals surface area (Å²) in [5.41, 5.74) is 2.72. The van der Waals surface area contributed by atoms with Gasteiger partial charge in [0.25, 0.3) is 0 Å². The van der Waals surface area contributed by atoms with E-state index in [1.165, 1.54) is 0 Å². The van der Waals surface area contributed by atoms with Crippen molar-refractivity contribution in [2.45, 2.75) is 33.7 Å². The predicted octanol–water partition coefficient (Wildman–Crippen LogP) is 4.50. The summed E-state index contributed by atoms with van der Waals surface area (Å²) in [7, 11) is 0. The fraction of sp³-hybridized carbons (Fsp3) is 0.278. The Morgan fingerprint density at radius 2 is 2.00 bits per heavy atom. The van der Waals surface area contributed by atoms with Crippen LogP contribution >= 0.6 is 11.6 Å². The van der Waals surface area contributed by atoms with Gasteiger partial charge in [-0.25, -0.2) is 14.5 Å². The summed E-state index contributed by atoms with van der Waals surface area (Å²) in [6.07, 6.45) is 1.71. The molecule has 0 bridgehead atoms. The van der Waals surface area contributed by atoms with Gasteiger partial charge in [0.05, 0.1) is 22.5 Å². The summed E-state index contributed by atoms with van der Waals surface area (Å²) in [5, 5.41) is 5.53. The number of pyridine rings is 1. The molecule has 3 aromatic rings. The monoisotopic (exact) mass is 343 g/mol. The third kappa shape index (κ3) is 2.99. The van der Waals surface area contributed by atoms with Crippen molar-refractivity contribution in [3.63, 3.8) is 0 Å². The van der Waals surface area contributed by atoms with Crippen molar-refractivity contribution in [3.8, 4) is 5.75 Å². The van der Waals surface area contributed by atoms with Gasteiger partial charge >= 0.3 is 5.97 Å². The third-order valence-corrected chi connectivity index (χ3v) is 4.07. The van der Waals surface area contributed by atoms with Crippen LogP contribution in [0.3, 0.4) is 0 Å². The smallest absolute Gasteiger partial charge is 0.345 e. The molecule has 0 aliphatic heterocycles. The maximum Gasteiger partial charge on any atom is 0.345 e. The highest BCUT2D eigenvalue weighted by Crippen LogP contribution is 2.27. The van der Waals surface area contributed by atoms with Crippen molar-refractivity contribution < 1.29 is 9.53 Å². The molecule has 0 N–H and O–H groups in total. The minimum absolute atomic E-state index is 0.193. The zero-order valence-corrected chi connectivity index (χ0v) is 14.8. The van der Waals surface area contributed by atoms with E-state index in [1.807, 2.05) is 31.5 Å². The molecule has 3 rings (SSSR count). The number of hydrogen-bond acceptors (Lipinski definition) is 4. The van der Waals surface area contributed by atoms with E-state index in [0.29, 0.717) is 22.0 Å². The van der Waals surface area contributed by atoms with Gasteiger partial charge in [0.15, 0.2) is 5.65 Å². The van der Waals surface area contributed by atoms with E-state index in [2.05, 4.69) is 10.1 Å². The molecule has 0 aliphatic carbocycles. The Labute approximate surface area is 145 Å². The van der Waals surface area contributed by atoms with Gasteiger partial charge in [-0.1, -0.05) is 17.7 Å². The molecule has 0 spiro atoms. The average Bonchev–Trinajstić information content (AvgIpc) is 2.92. The number of esters is 1. The van der Waals surface area contributed by atoms with Crippen LogP contribution in [0.4, 0.5) is 0 Å². The van der Waals surface area contributed by atoms with Gasteiger partial charge in [-0.3, -0.25) is 0 Å². The van der Waals surface area contributed by atoms with E-state index in [-0.39, 0.29) is 6.04 Å². The lowest BCUT2D eigenvalue weighted by Crippen LogP contribution is -2.12. The number of carbonyl (C=O) groups excluding carboxylic acids is 1. The van der Waals surface area contributed by atoms with E-state index >= 15 is 0 Å². The molecule has 24 heavy (non-hydrogen) atoms. The van der Waals surface area contributed by atoms with E-state index in [4.69, 9.17) is 16.3 Å². The predicted molar refractivity (Wildman–Crippen MR) is 93.8 cm³/mol. The zero-order chi connectivity index (χ0) is 17.4. The molecular weight excluding hydrogens is 326 g/mol. The SMILES string of the molecule is Cc1ccc(Cl)c(OC(=O)c2cc3cnn(C(C)C)c3nc2C)c1. The summed E-state index contributed by atoms with van der Waals surface area (Å²) in [6, 6.07) is 7.26. The number of hydrogen-bond donors (Lipinski definition) is 0. The molecular formula is C18H18ClN3O2. The van der Waals surface area contributed by atoms with Crippen molar-refractivity contribution in [2.75, 3.05) is 0 Å². The van der Waals surface area contributed by atoms with Gasteiger partial charge in [-0.05, 0) is 51.5 Å². The van der Waals surface area contributed by atoms with Gasteiger partial charge < -0.3 is 4.74 Å². The summed E-state index contributed by atoms with van der Waals surface area (Å²) in [4.78, 5) is 17.1. The number of halogens is 1. The minimum atomic E-state index is -0.480. The maximum atomic E-state index is 12.5. The molecule has 0 atom stereocenters. The molecule has 2 aromatic heterocycles. The van der Waals surface area contributed by atoms with Crippen LogP contribution in [0.1, 0.15) is 41.5 Å². The Bertz CT molecular complexity index is 931. The lowest BCUT2D eigenvalue weighted by Gasteiger charge is -2.10. The number of aryl methyl sites for hydroxylation is 2. The molecule has 0 saturated heterocycles. The molecule has 2 heterocycles. The highest BCUT2D eigenvalue weighted by atomic mass is 35.5. The Balaban J connectivity index is 1.98. The largest absolute Gasteiger partial charge is 0.421 e. The van der Waals surface area contributed by atoms with Crippen LogP contribution in [0.25, 0.3) is 11.0 Å². The van der Waals surface area contributed by atoms with Crippen molar-refractivity contribution in [3.05, 3.63) is 52.3 Å². The van der Waals surface area contributed by atoms with Crippen LogP contribution in [0, 0.1) is 13.8 Å². The zero-order valence-electron chi connectivity index (χ0n) is 14.0. The van der Waals surface area contributed by atoms with Crippen molar-refractivity contribution in [2.24, 2.45) is 0 Å². The number of nitrogens with zero attached hydrogens (tertiary/aromatic N) is 3. The van der Waals surface area contributed by atoms with E-state index in [0.717, 1.165) is 16.6 Å². The summed E-state index contributed by atoms with van der Waals surface area (Å²) < 4.78 is 7.29. The van der Waals surface area contributed by atoms with Crippen LogP contribution in [0.5, 0.6) is 5.75 Å². The number of benzene rings is 1. The summed E-state index contributed by atoms with van der Waals surface area (Å²) in [6.45, 7) is 7.76. The van der Waals surface area contributed by atoms with Crippen LogP contribution in [-0.4, -0.2) is 20.7 Å². The lowest BCUT2D eigenvalue weighted by molar-refractivity contribution is 0.0734. The molecule has 0 radical (unpaired) electrons. The van der Waals surface area contributed by atoms with Gasteiger partial charge in [0.2, 0.25) is 0 Å². The number of rotatable bonds is 3. The van der Waals surface area contributed by atoms with Crippen molar-refractivity contribution in [1.82, 2.24) is 14.8 Å². The highest BCUT2D eigenvalue weighted by molar-refractivity contribution is 6.32. The number of carbonyl (C=O) groups is 1. The minimum Gasteiger partial charge on any atom is -0.421 e. The second-order valence-electron chi connectivity index (χ2n) is 6.04. The topological polar surface area (TPSA) is 57.0 Å². The second-order valence-corrected chi connectivity index (χ2v) is 6.45. The molecule has 124 valence electrons. The number of ether oxygens (including phenoxy) is 1. The Hall–Kier alpha value is -2.40. The first-order valence-corrected chi connectivity index (χ1v) is 8.08. The van der Waals surface area contributed by atoms with Crippen LogP contribution in [0.2, 0.25) is 5.02 Å². The van der Waals surface area contributed by atoms with Gasteiger partial charge in [0, 0.05) is 11.4 Å². The summed E-state index contributed by atoms with van der Waals surface area (Å²) >= 11 is 6.09. The van der Waals surface area contributed by atoms with E-state index in [1.54, 1.807) is 31.3 Å². The Morgan fingerprint density at radius 1 is 1.25 bits per heavy atom. The molecule has 1 aromatic carbocycles. The standard InChI is InChI=1S/C18H18ClN3O2/c1-10(2)22-17-13(9-20-22)8-14(12(4)21-17)18(23)24-16-7-11(3)5-6-15(16)19/h5-10H,1-4H3. The number of aromatic nitrogens is 3. The van der Waals surface area contributed by atoms with Crippen LogP contribution in [-0.2, 0) is 0 Å². The van der Waals surface area contributed by atoms with Crippen molar-refractivity contribution >= 4 is 28.6 Å². The van der Waals surface area contributed by atoms with E-state index in [9.17, 15) is 4.79 Å². The average molecular weight is 344 g/mol. The van der Waals surface area contributed by atoms with Gasteiger partial charge in [-0.2, -0.15) is 5.10 Å². The summed E-state index contributed by atoms with van der Waals surface area (Å²) in [5.74, 6) is -0.134. The molecule has 5 nitrogen and oxygen atoms in total. The quantitative estimate of drug-likeness (QED) is 0.519.